The summed E-state index contributed by atoms with van der Waals surface area (Å²) in [6.45, 7) is 4.07. The van der Waals surface area contributed by atoms with E-state index in [1.165, 1.54) is 18.4 Å². The zero-order valence-electron chi connectivity index (χ0n) is 18.2. The Bertz CT molecular complexity index is 1190. The van der Waals surface area contributed by atoms with Crippen LogP contribution < -0.4 is 10.6 Å². The fourth-order valence-corrected chi connectivity index (χ4v) is 4.05. The van der Waals surface area contributed by atoms with Crippen molar-refractivity contribution in [3.05, 3.63) is 71.3 Å². The molecule has 0 spiro atoms. The van der Waals surface area contributed by atoms with Crippen LogP contribution in [0.5, 0.6) is 0 Å². The number of para-hydroxylation sites is 1. The number of benzene rings is 2. The monoisotopic (exact) mass is 440 g/mol. The van der Waals surface area contributed by atoms with Crippen molar-refractivity contribution in [3.8, 4) is 0 Å². The Labute approximate surface area is 183 Å². The van der Waals surface area contributed by atoms with Crippen LogP contribution in [0.25, 0.3) is 10.9 Å². The van der Waals surface area contributed by atoms with Crippen LogP contribution in [0.2, 0.25) is 0 Å². The van der Waals surface area contributed by atoms with E-state index in [1.807, 2.05) is 62.4 Å². The third-order valence-corrected chi connectivity index (χ3v) is 7.01. The molecule has 0 aliphatic rings. The standard InChI is InChI=1S/C23H28N4O3S/c1-16-9-5-6-10-18(16)23(28)25-17(2)20-15-22(24-13-14-31(29,30)27(3)4)26-21-12-8-7-11-19(20)21/h5-12,15,17H,13-14H2,1-4H3,(H,24,26)(H,25,28). The van der Waals surface area contributed by atoms with Crippen LogP contribution in [0.3, 0.4) is 0 Å². The number of nitrogens with zero attached hydrogens (tertiary/aromatic N) is 2. The van der Waals surface area contributed by atoms with E-state index in [-0.39, 0.29) is 24.2 Å². The van der Waals surface area contributed by atoms with E-state index in [4.69, 9.17) is 0 Å². The van der Waals surface area contributed by atoms with Gasteiger partial charge in [0.05, 0.1) is 17.3 Å². The molecule has 3 aromatic rings. The van der Waals surface area contributed by atoms with Gasteiger partial charge in [-0.1, -0.05) is 36.4 Å². The number of nitrogens with one attached hydrogen (secondary N) is 2. The molecule has 8 heteroatoms. The Hall–Kier alpha value is -2.97. The molecule has 1 unspecified atom stereocenters. The second-order valence-electron chi connectivity index (χ2n) is 7.65. The molecule has 0 radical (unpaired) electrons. The number of pyridine rings is 1. The van der Waals surface area contributed by atoms with Crippen LogP contribution in [0.15, 0.2) is 54.6 Å². The lowest BCUT2D eigenvalue weighted by Crippen LogP contribution is -2.29. The summed E-state index contributed by atoms with van der Waals surface area (Å²) in [6.07, 6.45) is 0. The Morgan fingerprint density at radius 3 is 2.48 bits per heavy atom. The van der Waals surface area contributed by atoms with E-state index in [1.54, 1.807) is 6.07 Å². The number of rotatable bonds is 8. The van der Waals surface area contributed by atoms with Gasteiger partial charge in [0.2, 0.25) is 10.0 Å². The predicted molar refractivity (Wildman–Crippen MR) is 125 cm³/mol. The van der Waals surface area contributed by atoms with Crippen molar-refractivity contribution in [3.63, 3.8) is 0 Å². The average molecular weight is 441 g/mol. The van der Waals surface area contributed by atoms with E-state index >= 15 is 0 Å². The maximum Gasteiger partial charge on any atom is 0.252 e. The van der Waals surface area contributed by atoms with E-state index in [2.05, 4.69) is 15.6 Å². The van der Waals surface area contributed by atoms with Gasteiger partial charge in [0.25, 0.3) is 5.91 Å². The number of anilines is 1. The molecule has 1 aromatic heterocycles. The minimum atomic E-state index is -3.30. The first-order valence-electron chi connectivity index (χ1n) is 10.1. The van der Waals surface area contributed by atoms with Crippen LogP contribution in [-0.2, 0) is 10.0 Å². The Morgan fingerprint density at radius 2 is 1.77 bits per heavy atom. The van der Waals surface area contributed by atoms with Crippen molar-refractivity contribution < 1.29 is 13.2 Å². The minimum Gasteiger partial charge on any atom is -0.369 e. The highest BCUT2D eigenvalue weighted by atomic mass is 32.2. The van der Waals surface area contributed by atoms with E-state index in [9.17, 15) is 13.2 Å². The smallest absolute Gasteiger partial charge is 0.252 e. The van der Waals surface area contributed by atoms with Gasteiger partial charge in [0.15, 0.2) is 0 Å². The SMILES string of the molecule is Cc1ccccc1C(=O)NC(C)c1cc(NCCS(=O)(=O)N(C)C)nc2ccccc12. The molecule has 0 saturated heterocycles. The van der Waals surface area contributed by atoms with Gasteiger partial charge in [-0.25, -0.2) is 17.7 Å². The topological polar surface area (TPSA) is 91.4 Å². The van der Waals surface area contributed by atoms with Crippen LogP contribution in [0.1, 0.15) is 34.5 Å². The number of aryl methyl sites for hydroxylation is 1. The normalized spacial score (nSPS) is 12.7. The summed E-state index contributed by atoms with van der Waals surface area (Å²) in [5, 5.41) is 7.12. The number of carbonyl (C=O) groups excluding carboxylic acids is 1. The number of sulfonamides is 1. The van der Waals surface area contributed by atoms with Gasteiger partial charge in [-0.2, -0.15) is 0 Å². The van der Waals surface area contributed by atoms with Gasteiger partial charge in [0.1, 0.15) is 5.82 Å². The third-order valence-electron chi connectivity index (χ3n) is 5.17. The summed E-state index contributed by atoms with van der Waals surface area (Å²) in [5.41, 5.74) is 3.23. The molecule has 164 valence electrons. The van der Waals surface area contributed by atoms with Gasteiger partial charge in [0, 0.05) is 31.6 Å². The number of carbonyl (C=O) groups is 1. The van der Waals surface area contributed by atoms with Gasteiger partial charge in [-0.05, 0) is 43.2 Å². The van der Waals surface area contributed by atoms with E-state index in [0.717, 1.165) is 22.0 Å². The van der Waals surface area contributed by atoms with Crippen LogP contribution in [-0.4, -0.2) is 50.0 Å². The first kappa shape index (κ1) is 22.7. The third kappa shape index (κ3) is 5.39. The first-order chi connectivity index (χ1) is 14.7. The number of amides is 1. The highest BCUT2D eigenvalue weighted by Gasteiger charge is 2.17. The Morgan fingerprint density at radius 1 is 1.10 bits per heavy atom. The molecule has 1 amide bonds. The molecule has 0 aliphatic heterocycles. The van der Waals surface area contributed by atoms with Crippen molar-refractivity contribution in [2.75, 3.05) is 31.7 Å². The molecule has 1 heterocycles. The second kappa shape index (κ2) is 9.45. The van der Waals surface area contributed by atoms with Gasteiger partial charge in [-0.3, -0.25) is 4.79 Å². The summed E-state index contributed by atoms with van der Waals surface area (Å²) in [4.78, 5) is 17.4. The Balaban J connectivity index is 1.85. The van der Waals surface area contributed by atoms with Gasteiger partial charge in [-0.15, -0.1) is 0 Å². The number of hydrogen-bond donors (Lipinski definition) is 2. The van der Waals surface area contributed by atoms with Crippen molar-refractivity contribution in [1.29, 1.82) is 0 Å². The molecule has 0 aliphatic carbocycles. The van der Waals surface area contributed by atoms with Crippen LogP contribution in [0.4, 0.5) is 5.82 Å². The molecule has 3 rings (SSSR count). The molecule has 0 fully saturated rings. The molecule has 0 bridgehead atoms. The number of hydrogen-bond acceptors (Lipinski definition) is 5. The maximum absolute atomic E-state index is 12.8. The lowest BCUT2D eigenvalue weighted by Gasteiger charge is -2.19. The van der Waals surface area contributed by atoms with E-state index in [0.29, 0.717) is 11.4 Å². The zero-order chi connectivity index (χ0) is 22.6. The number of aromatic nitrogens is 1. The largest absolute Gasteiger partial charge is 0.369 e. The van der Waals surface area contributed by atoms with Gasteiger partial charge < -0.3 is 10.6 Å². The van der Waals surface area contributed by atoms with Crippen molar-refractivity contribution in [2.45, 2.75) is 19.9 Å². The summed E-state index contributed by atoms with van der Waals surface area (Å²) >= 11 is 0. The quantitative estimate of drug-likeness (QED) is 0.561. The fraction of sp³-hybridized carbons (Fsp3) is 0.304. The zero-order valence-corrected chi connectivity index (χ0v) is 19.0. The minimum absolute atomic E-state index is 0.0383. The number of fused-ring (bicyclic) bond motifs is 1. The lowest BCUT2D eigenvalue weighted by molar-refractivity contribution is 0.0939. The van der Waals surface area contributed by atoms with Crippen molar-refractivity contribution in [2.24, 2.45) is 0 Å². The molecule has 0 saturated carbocycles. The molecule has 1 atom stereocenters. The molecule has 7 nitrogen and oxygen atoms in total. The first-order valence-corrected chi connectivity index (χ1v) is 11.7. The Kier molecular flexibility index (Phi) is 6.92. The molecular formula is C23H28N4O3S. The van der Waals surface area contributed by atoms with Gasteiger partial charge >= 0.3 is 0 Å². The fourth-order valence-electron chi connectivity index (χ4n) is 3.32. The van der Waals surface area contributed by atoms with Crippen molar-refractivity contribution in [1.82, 2.24) is 14.6 Å². The maximum atomic E-state index is 12.8. The highest BCUT2D eigenvalue weighted by molar-refractivity contribution is 7.89. The van der Waals surface area contributed by atoms with E-state index < -0.39 is 10.0 Å². The highest BCUT2D eigenvalue weighted by Crippen LogP contribution is 2.26. The molecular weight excluding hydrogens is 412 g/mol. The summed E-state index contributed by atoms with van der Waals surface area (Å²) in [6, 6.07) is 16.8. The predicted octanol–water partition coefficient (Wildman–Crippen LogP) is 3.34. The molecule has 2 N–H and O–H groups in total. The second-order valence-corrected chi connectivity index (χ2v) is 9.95. The molecule has 2 aromatic carbocycles. The van der Waals surface area contributed by atoms with Crippen molar-refractivity contribution >= 4 is 32.7 Å². The summed E-state index contributed by atoms with van der Waals surface area (Å²) in [7, 11) is -0.273. The lowest BCUT2D eigenvalue weighted by atomic mass is 10.0. The summed E-state index contributed by atoms with van der Waals surface area (Å²) in [5.74, 6) is 0.390. The van der Waals surface area contributed by atoms with Crippen LogP contribution >= 0.6 is 0 Å². The summed E-state index contributed by atoms with van der Waals surface area (Å²) < 4.78 is 25.2. The van der Waals surface area contributed by atoms with Crippen LogP contribution in [0, 0.1) is 6.92 Å². The molecule has 31 heavy (non-hydrogen) atoms. The average Bonchev–Trinajstić information content (AvgIpc) is 2.73.